The van der Waals surface area contributed by atoms with Gasteiger partial charge in [0.15, 0.2) is 0 Å². The Morgan fingerprint density at radius 2 is 1.22 bits per heavy atom. The molecule has 0 amide bonds. The van der Waals surface area contributed by atoms with Crippen LogP contribution in [-0.4, -0.2) is 11.4 Å². The Morgan fingerprint density at radius 3 is 1.67 bits per heavy atom. The third kappa shape index (κ3) is 1.18. The van der Waals surface area contributed by atoms with E-state index in [4.69, 9.17) is 9.98 Å². The Bertz CT molecular complexity index is 687. The molecule has 2 heteroatoms. The van der Waals surface area contributed by atoms with Crippen LogP contribution in [0.3, 0.4) is 0 Å². The van der Waals surface area contributed by atoms with Crippen molar-refractivity contribution in [1.82, 2.24) is 0 Å². The van der Waals surface area contributed by atoms with Crippen molar-refractivity contribution < 1.29 is 0 Å². The second kappa shape index (κ2) is 3.29. The molecule has 2 aliphatic heterocycles. The SMILES string of the molecule is CC1=Nc2c(c3c(c4ccccc24)N=C(C)C3)C1. The number of nitrogens with zero attached hydrogens (tertiary/aromatic N) is 2. The van der Waals surface area contributed by atoms with Crippen LogP contribution in [0.2, 0.25) is 0 Å². The summed E-state index contributed by atoms with van der Waals surface area (Å²) >= 11 is 0. The van der Waals surface area contributed by atoms with Gasteiger partial charge in [0.1, 0.15) is 0 Å². The van der Waals surface area contributed by atoms with Gasteiger partial charge in [-0.15, -0.1) is 0 Å². The quantitative estimate of drug-likeness (QED) is 0.654. The average molecular weight is 234 g/mol. The van der Waals surface area contributed by atoms with Crippen LogP contribution in [0, 0.1) is 0 Å². The lowest BCUT2D eigenvalue weighted by Crippen LogP contribution is -1.97. The van der Waals surface area contributed by atoms with Crippen LogP contribution in [0.1, 0.15) is 25.0 Å². The van der Waals surface area contributed by atoms with E-state index in [1.165, 1.54) is 44.7 Å². The molecule has 0 bridgehead atoms. The predicted molar refractivity (Wildman–Crippen MR) is 76.9 cm³/mol. The normalized spacial score (nSPS) is 16.6. The summed E-state index contributed by atoms with van der Waals surface area (Å²) in [6.45, 7) is 4.23. The Kier molecular flexibility index (Phi) is 1.83. The van der Waals surface area contributed by atoms with E-state index in [1.54, 1.807) is 0 Å². The van der Waals surface area contributed by atoms with Crippen molar-refractivity contribution in [2.75, 3.05) is 0 Å². The lowest BCUT2D eigenvalue weighted by atomic mass is 9.94. The zero-order valence-corrected chi connectivity index (χ0v) is 10.6. The van der Waals surface area contributed by atoms with Gasteiger partial charge in [-0.2, -0.15) is 0 Å². The number of hydrogen-bond donors (Lipinski definition) is 0. The summed E-state index contributed by atoms with van der Waals surface area (Å²) in [6, 6.07) is 8.51. The van der Waals surface area contributed by atoms with Crippen molar-refractivity contribution in [3.63, 3.8) is 0 Å². The first kappa shape index (κ1) is 10.0. The van der Waals surface area contributed by atoms with Gasteiger partial charge >= 0.3 is 0 Å². The Labute approximate surface area is 106 Å². The maximum absolute atomic E-state index is 4.75. The van der Waals surface area contributed by atoms with Crippen LogP contribution in [-0.2, 0) is 12.8 Å². The molecule has 0 aliphatic carbocycles. The van der Waals surface area contributed by atoms with Crippen LogP contribution in [0.4, 0.5) is 11.4 Å². The minimum absolute atomic E-state index is 0.991. The molecule has 0 N–H and O–H groups in total. The predicted octanol–water partition coefficient (Wildman–Crippen LogP) is 4.14. The zero-order valence-electron chi connectivity index (χ0n) is 10.6. The highest BCUT2D eigenvalue weighted by Crippen LogP contribution is 2.46. The molecular formula is C16H14N2. The summed E-state index contributed by atoms with van der Waals surface area (Å²) in [5.41, 5.74) is 7.61. The van der Waals surface area contributed by atoms with Crippen molar-refractivity contribution in [2.45, 2.75) is 26.7 Å². The smallest absolute Gasteiger partial charge is 0.0747 e. The van der Waals surface area contributed by atoms with Crippen LogP contribution in [0.25, 0.3) is 10.8 Å². The van der Waals surface area contributed by atoms with Gasteiger partial charge in [0.2, 0.25) is 0 Å². The first-order valence-corrected chi connectivity index (χ1v) is 6.39. The molecule has 2 nitrogen and oxygen atoms in total. The Balaban J connectivity index is 2.19. The topological polar surface area (TPSA) is 24.7 Å². The van der Waals surface area contributed by atoms with Crippen LogP contribution < -0.4 is 0 Å². The molecule has 0 fully saturated rings. The molecule has 0 unspecified atom stereocenters. The van der Waals surface area contributed by atoms with Crippen molar-refractivity contribution >= 4 is 33.6 Å². The fourth-order valence-corrected chi connectivity index (χ4v) is 3.12. The van der Waals surface area contributed by atoms with Gasteiger partial charge in [0.25, 0.3) is 0 Å². The fourth-order valence-electron chi connectivity index (χ4n) is 3.12. The minimum Gasteiger partial charge on any atom is -0.257 e. The van der Waals surface area contributed by atoms with E-state index in [9.17, 15) is 0 Å². The third-order valence-corrected chi connectivity index (χ3v) is 3.84. The molecule has 0 spiro atoms. The van der Waals surface area contributed by atoms with Crippen molar-refractivity contribution in [1.29, 1.82) is 0 Å². The molecule has 0 aromatic heterocycles. The summed E-state index contributed by atoms with van der Waals surface area (Å²) in [5.74, 6) is 0. The number of benzene rings is 2. The molecule has 2 aliphatic rings. The molecular weight excluding hydrogens is 220 g/mol. The molecule has 0 saturated heterocycles. The highest BCUT2D eigenvalue weighted by molar-refractivity contribution is 6.12. The lowest BCUT2D eigenvalue weighted by Gasteiger charge is -2.10. The largest absolute Gasteiger partial charge is 0.257 e. The number of hydrogen-bond acceptors (Lipinski definition) is 2. The van der Waals surface area contributed by atoms with Crippen molar-refractivity contribution in [2.24, 2.45) is 9.98 Å². The number of fused-ring (bicyclic) bond motifs is 6. The van der Waals surface area contributed by atoms with E-state index in [2.05, 4.69) is 38.1 Å². The fraction of sp³-hybridized carbons (Fsp3) is 0.250. The highest BCUT2D eigenvalue weighted by Gasteiger charge is 2.25. The van der Waals surface area contributed by atoms with Gasteiger partial charge in [0, 0.05) is 35.0 Å². The molecule has 4 rings (SSSR count). The van der Waals surface area contributed by atoms with E-state index in [0.717, 1.165) is 12.8 Å². The van der Waals surface area contributed by atoms with Crippen molar-refractivity contribution in [3.8, 4) is 0 Å². The van der Waals surface area contributed by atoms with Gasteiger partial charge in [-0.3, -0.25) is 9.98 Å². The third-order valence-electron chi connectivity index (χ3n) is 3.84. The number of aliphatic imine (C=N–C) groups is 2. The summed E-state index contributed by atoms with van der Waals surface area (Å²) in [6.07, 6.45) is 1.98. The highest BCUT2D eigenvalue weighted by atomic mass is 14.8. The lowest BCUT2D eigenvalue weighted by molar-refractivity contribution is 1.27. The first-order chi connectivity index (χ1) is 8.74. The Hall–Kier alpha value is -1.96. The van der Waals surface area contributed by atoms with E-state index < -0.39 is 0 Å². The van der Waals surface area contributed by atoms with Gasteiger partial charge < -0.3 is 0 Å². The van der Waals surface area contributed by atoms with Gasteiger partial charge in [-0.05, 0) is 25.0 Å². The number of rotatable bonds is 0. The van der Waals surface area contributed by atoms with Gasteiger partial charge in [-0.25, -0.2) is 0 Å². The maximum atomic E-state index is 4.75. The summed E-state index contributed by atoms with van der Waals surface area (Å²) in [7, 11) is 0. The molecule has 2 heterocycles. The minimum atomic E-state index is 0.991. The monoisotopic (exact) mass is 234 g/mol. The maximum Gasteiger partial charge on any atom is 0.0747 e. The van der Waals surface area contributed by atoms with Crippen LogP contribution in [0.5, 0.6) is 0 Å². The van der Waals surface area contributed by atoms with Crippen LogP contribution in [0.15, 0.2) is 34.3 Å². The van der Waals surface area contributed by atoms with E-state index in [0.29, 0.717) is 0 Å². The average Bonchev–Trinajstić information content (AvgIpc) is 2.92. The molecule has 2 aromatic rings. The summed E-state index contributed by atoms with van der Waals surface area (Å²) in [4.78, 5) is 9.50. The summed E-state index contributed by atoms with van der Waals surface area (Å²) < 4.78 is 0. The molecule has 88 valence electrons. The molecule has 2 aromatic carbocycles. The van der Waals surface area contributed by atoms with E-state index in [1.807, 2.05) is 0 Å². The first-order valence-electron chi connectivity index (χ1n) is 6.39. The van der Waals surface area contributed by atoms with Crippen molar-refractivity contribution in [3.05, 3.63) is 35.4 Å². The van der Waals surface area contributed by atoms with Gasteiger partial charge in [-0.1, -0.05) is 24.3 Å². The second-order valence-electron chi connectivity index (χ2n) is 5.25. The molecule has 0 saturated carbocycles. The molecule has 0 atom stereocenters. The van der Waals surface area contributed by atoms with Gasteiger partial charge in [0.05, 0.1) is 11.4 Å². The van der Waals surface area contributed by atoms with Crippen LogP contribution >= 0.6 is 0 Å². The summed E-state index contributed by atoms with van der Waals surface area (Å²) in [5, 5.41) is 2.50. The Morgan fingerprint density at radius 1 is 0.778 bits per heavy atom. The van der Waals surface area contributed by atoms with E-state index in [-0.39, 0.29) is 0 Å². The molecule has 18 heavy (non-hydrogen) atoms. The molecule has 0 radical (unpaired) electrons. The second-order valence-corrected chi connectivity index (χ2v) is 5.25. The van der Waals surface area contributed by atoms with E-state index >= 15 is 0 Å². The standard InChI is InChI=1S/C16H14N2/c1-9-7-13-14-8-10(2)18-16(14)12-6-4-3-5-11(12)15(13)17-9/h3-6H,7-8H2,1-2H3. The zero-order chi connectivity index (χ0) is 12.3.